The van der Waals surface area contributed by atoms with E-state index < -0.39 is 17.0 Å². The second kappa shape index (κ2) is 12.4. The Labute approximate surface area is 234 Å². The molecule has 1 aliphatic rings. The molecule has 7 nitrogen and oxygen atoms in total. The van der Waals surface area contributed by atoms with Gasteiger partial charge in [0.05, 0.1) is 18.6 Å². The molecule has 3 aromatic rings. The molecule has 1 aliphatic heterocycles. The first kappa shape index (κ1) is 28.2. The third kappa shape index (κ3) is 6.79. The molecule has 202 valence electrons. The summed E-state index contributed by atoms with van der Waals surface area (Å²) in [6, 6.07) is 16.4. The second-order valence-corrected chi connectivity index (χ2v) is 10.4. The molecule has 1 saturated heterocycles. The molecule has 0 bridgehead atoms. The van der Waals surface area contributed by atoms with Crippen molar-refractivity contribution in [3.05, 3.63) is 93.1 Å². The van der Waals surface area contributed by atoms with Gasteiger partial charge in [0.1, 0.15) is 5.82 Å². The van der Waals surface area contributed by atoms with Crippen molar-refractivity contribution in [2.75, 3.05) is 19.0 Å². The Kier molecular flexibility index (Phi) is 8.93. The molecule has 39 heavy (non-hydrogen) atoms. The van der Waals surface area contributed by atoms with E-state index >= 15 is 0 Å². The first-order chi connectivity index (χ1) is 18.7. The molecular weight excluding hydrogens is 543 g/mol. The van der Waals surface area contributed by atoms with Crippen molar-refractivity contribution in [1.29, 1.82) is 0 Å². The van der Waals surface area contributed by atoms with Gasteiger partial charge in [-0.2, -0.15) is 0 Å². The van der Waals surface area contributed by atoms with Gasteiger partial charge >= 0.3 is 0 Å². The lowest BCUT2D eigenvalue weighted by atomic mass is 10.0. The number of methoxy groups -OCH3 is 1. The van der Waals surface area contributed by atoms with Gasteiger partial charge in [-0.3, -0.25) is 19.3 Å². The molecule has 1 heterocycles. The van der Waals surface area contributed by atoms with Crippen LogP contribution in [0.4, 0.5) is 14.9 Å². The van der Waals surface area contributed by atoms with E-state index in [2.05, 4.69) is 19.2 Å². The quantitative estimate of drug-likeness (QED) is 0.284. The number of thioether (sulfide) groups is 1. The van der Waals surface area contributed by atoms with Crippen LogP contribution in [-0.4, -0.2) is 35.7 Å². The smallest absolute Gasteiger partial charge is 0.293 e. The van der Waals surface area contributed by atoms with Crippen LogP contribution in [0.1, 0.15) is 36.5 Å². The standard InChI is InChI=1S/C29H26ClFN2O5S/c1-17(2)21-6-4-5-7-23(21)32-27(34)16-38-24-11-8-18(12-25(24)37-3)13-26-28(35)33(29(36)39-26)15-19-9-10-20(31)14-22(19)30/h4-14,17H,15-16H2,1-3H3,(H,32,34)/b26-13-. The number of halogens is 2. The highest BCUT2D eigenvalue weighted by atomic mass is 35.5. The van der Waals surface area contributed by atoms with E-state index in [1.807, 2.05) is 24.3 Å². The summed E-state index contributed by atoms with van der Waals surface area (Å²) in [5.74, 6) is -0.349. The van der Waals surface area contributed by atoms with Crippen molar-refractivity contribution in [1.82, 2.24) is 4.90 Å². The highest BCUT2D eigenvalue weighted by Gasteiger charge is 2.35. The van der Waals surface area contributed by atoms with Crippen molar-refractivity contribution in [3.8, 4) is 11.5 Å². The van der Waals surface area contributed by atoms with Crippen LogP contribution in [0.3, 0.4) is 0 Å². The lowest BCUT2D eigenvalue weighted by Crippen LogP contribution is -2.27. The number of imide groups is 1. The number of carbonyl (C=O) groups excluding carboxylic acids is 3. The van der Waals surface area contributed by atoms with Gasteiger partial charge in [0.25, 0.3) is 17.1 Å². The number of anilines is 1. The van der Waals surface area contributed by atoms with Crippen LogP contribution in [0.25, 0.3) is 6.08 Å². The summed E-state index contributed by atoms with van der Waals surface area (Å²) in [5.41, 5.74) is 2.82. The average molecular weight is 569 g/mol. The number of benzene rings is 3. The summed E-state index contributed by atoms with van der Waals surface area (Å²) in [4.78, 5) is 39.2. The van der Waals surface area contributed by atoms with Gasteiger partial charge in [-0.15, -0.1) is 0 Å². The summed E-state index contributed by atoms with van der Waals surface area (Å²) in [6.45, 7) is 3.80. The lowest BCUT2D eigenvalue weighted by molar-refractivity contribution is -0.123. The molecule has 0 radical (unpaired) electrons. The number of para-hydroxylation sites is 1. The van der Waals surface area contributed by atoms with Crippen LogP contribution in [0, 0.1) is 5.82 Å². The van der Waals surface area contributed by atoms with Crippen molar-refractivity contribution in [3.63, 3.8) is 0 Å². The monoisotopic (exact) mass is 568 g/mol. The number of nitrogens with zero attached hydrogens (tertiary/aromatic N) is 1. The Hall–Kier alpha value is -3.82. The molecule has 3 amide bonds. The predicted molar refractivity (Wildman–Crippen MR) is 151 cm³/mol. The average Bonchev–Trinajstić information content (AvgIpc) is 3.16. The van der Waals surface area contributed by atoms with E-state index in [-0.39, 0.29) is 34.9 Å². The summed E-state index contributed by atoms with van der Waals surface area (Å²) >= 11 is 6.86. The van der Waals surface area contributed by atoms with E-state index in [1.54, 1.807) is 24.3 Å². The van der Waals surface area contributed by atoms with Crippen molar-refractivity contribution >= 4 is 52.2 Å². The zero-order valence-electron chi connectivity index (χ0n) is 21.5. The number of carbonyl (C=O) groups is 3. The first-order valence-corrected chi connectivity index (χ1v) is 13.2. The van der Waals surface area contributed by atoms with Gasteiger partial charge in [0.2, 0.25) is 0 Å². The number of hydrogen-bond acceptors (Lipinski definition) is 6. The number of hydrogen-bond donors (Lipinski definition) is 1. The first-order valence-electron chi connectivity index (χ1n) is 12.0. The SMILES string of the molecule is COc1cc(/C=C2\SC(=O)N(Cc3ccc(F)cc3Cl)C2=O)ccc1OCC(=O)Nc1ccccc1C(C)C. The topological polar surface area (TPSA) is 84.9 Å². The van der Waals surface area contributed by atoms with E-state index in [4.69, 9.17) is 21.1 Å². The molecule has 3 aromatic carbocycles. The highest BCUT2D eigenvalue weighted by molar-refractivity contribution is 8.18. The predicted octanol–water partition coefficient (Wildman–Crippen LogP) is 6.87. The van der Waals surface area contributed by atoms with Gasteiger partial charge in [-0.05, 0) is 70.8 Å². The minimum absolute atomic E-state index is 0.0685. The maximum atomic E-state index is 13.3. The van der Waals surface area contributed by atoms with E-state index in [9.17, 15) is 18.8 Å². The van der Waals surface area contributed by atoms with E-state index in [1.165, 1.54) is 19.2 Å². The largest absolute Gasteiger partial charge is 0.493 e. The van der Waals surface area contributed by atoms with Gasteiger partial charge in [-0.1, -0.05) is 55.8 Å². The fourth-order valence-electron chi connectivity index (χ4n) is 3.95. The van der Waals surface area contributed by atoms with Crippen LogP contribution in [0.5, 0.6) is 11.5 Å². The molecular formula is C29H26ClFN2O5S. The third-order valence-corrected chi connectivity index (χ3v) is 7.18. The minimum Gasteiger partial charge on any atom is -0.493 e. The van der Waals surface area contributed by atoms with E-state index in [0.29, 0.717) is 22.6 Å². The van der Waals surface area contributed by atoms with Crippen LogP contribution in [-0.2, 0) is 16.1 Å². The fourth-order valence-corrected chi connectivity index (χ4v) is 5.01. The number of nitrogens with one attached hydrogen (secondary N) is 1. The normalized spacial score (nSPS) is 14.3. The molecule has 0 spiro atoms. The summed E-state index contributed by atoms with van der Waals surface area (Å²) in [5, 5.41) is 2.56. The maximum Gasteiger partial charge on any atom is 0.293 e. The molecule has 4 rings (SSSR count). The van der Waals surface area contributed by atoms with Crippen LogP contribution >= 0.6 is 23.4 Å². The molecule has 10 heteroatoms. The Balaban J connectivity index is 1.43. The number of amides is 3. The zero-order chi connectivity index (χ0) is 28.1. The zero-order valence-corrected chi connectivity index (χ0v) is 23.1. The van der Waals surface area contributed by atoms with Crippen molar-refractivity contribution in [2.24, 2.45) is 0 Å². The number of rotatable bonds is 9. The molecule has 0 atom stereocenters. The molecule has 0 unspecified atom stereocenters. The third-order valence-electron chi connectivity index (χ3n) is 5.92. The summed E-state index contributed by atoms with van der Waals surface area (Å²) < 4.78 is 24.5. The Morgan fingerprint density at radius 2 is 1.87 bits per heavy atom. The Morgan fingerprint density at radius 1 is 1.10 bits per heavy atom. The van der Waals surface area contributed by atoms with Crippen molar-refractivity contribution in [2.45, 2.75) is 26.3 Å². The highest BCUT2D eigenvalue weighted by Crippen LogP contribution is 2.36. The lowest BCUT2D eigenvalue weighted by Gasteiger charge is -2.15. The molecule has 0 saturated carbocycles. The van der Waals surface area contributed by atoms with Gasteiger partial charge in [-0.25, -0.2) is 4.39 Å². The Morgan fingerprint density at radius 3 is 2.59 bits per heavy atom. The van der Waals surface area contributed by atoms with Crippen LogP contribution < -0.4 is 14.8 Å². The van der Waals surface area contributed by atoms with Crippen LogP contribution in [0.2, 0.25) is 5.02 Å². The second-order valence-electron chi connectivity index (χ2n) is 8.99. The number of ether oxygens (including phenoxy) is 2. The summed E-state index contributed by atoms with van der Waals surface area (Å²) in [6.07, 6.45) is 1.57. The fraction of sp³-hybridized carbons (Fsp3) is 0.207. The summed E-state index contributed by atoms with van der Waals surface area (Å²) in [7, 11) is 1.46. The maximum absolute atomic E-state index is 13.3. The van der Waals surface area contributed by atoms with Crippen molar-refractivity contribution < 1.29 is 28.2 Å². The van der Waals surface area contributed by atoms with Crippen LogP contribution in [0.15, 0.2) is 65.6 Å². The van der Waals surface area contributed by atoms with Gasteiger partial charge < -0.3 is 14.8 Å². The minimum atomic E-state index is -0.503. The van der Waals surface area contributed by atoms with Gasteiger partial charge in [0.15, 0.2) is 18.1 Å². The molecule has 1 N–H and O–H groups in total. The molecule has 0 aliphatic carbocycles. The van der Waals surface area contributed by atoms with E-state index in [0.717, 1.165) is 34.0 Å². The Bertz CT molecular complexity index is 1460. The molecule has 1 fully saturated rings. The molecule has 0 aromatic heterocycles. The van der Waals surface area contributed by atoms with Gasteiger partial charge in [0, 0.05) is 10.7 Å².